The molecule has 5 N–H and O–H groups in total. The van der Waals surface area contributed by atoms with Gasteiger partial charge in [-0.2, -0.15) is 0 Å². The normalized spacial score (nSPS) is 10.9. The summed E-state index contributed by atoms with van der Waals surface area (Å²) < 4.78 is 0. The third-order valence-corrected chi connectivity index (χ3v) is 6.21. The van der Waals surface area contributed by atoms with Gasteiger partial charge in [0, 0.05) is 5.56 Å². The molecule has 194 valence electrons. The molecule has 1 aromatic carbocycles. The molecule has 0 fully saturated rings. The molecule has 1 rings (SSSR count). The van der Waals surface area contributed by atoms with E-state index in [1.54, 1.807) is 0 Å². The van der Waals surface area contributed by atoms with Crippen LogP contribution in [-0.4, -0.2) is 35.2 Å². The van der Waals surface area contributed by atoms with Crippen molar-refractivity contribution in [3.05, 3.63) is 29.8 Å². The molecular weight excluding hydrogens is 428 g/mol. The maximum Gasteiger partial charge on any atom is 0.339 e. The molecule has 34 heavy (non-hydrogen) atoms. The number of urea groups is 1. The van der Waals surface area contributed by atoms with Gasteiger partial charge in [0.05, 0.1) is 6.67 Å². The summed E-state index contributed by atoms with van der Waals surface area (Å²) in [4.78, 5) is 25.6. The molecule has 1 aromatic rings. The van der Waals surface area contributed by atoms with Gasteiger partial charge in [0.2, 0.25) is 0 Å². The average Bonchev–Trinajstić information content (AvgIpc) is 2.85. The summed E-state index contributed by atoms with van der Waals surface area (Å²) in [6.45, 7) is 3.09. The Bertz CT molecular complexity index is 652. The fourth-order valence-electron chi connectivity index (χ4n) is 4.06. The van der Waals surface area contributed by atoms with Crippen LogP contribution in [0.25, 0.3) is 0 Å². The van der Waals surface area contributed by atoms with E-state index < -0.39 is 11.9 Å². The predicted octanol–water partition coefficient (Wildman–Crippen LogP) is 6.23. The number of carbonyl (C=O) groups excluding carboxylic acids is 2. The number of imide groups is 1. The van der Waals surface area contributed by atoms with Crippen molar-refractivity contribution in [2.75, 3.05) is 13.2 Å². The SMILES string of the molecule is CCCCCCCCCCCCCCCCCCNCN(C(=O)NN)C(=O)c1ccc(O)cc1. The third kappa shape index (κ3) is 14.2. The number of hydrazine groups is 1. The number of hydrogen-bond acceptors (Lipinski definition) is 5. The molecule has 0 saturated heterocycles. The van der Waals surface area contributed by atoms with Crippen LogP contribution in [0.15, 0.2) is 24.3 Å². The molecular formula is C27H48N4O3. The standard InChI is InChI=1S/C27H48N4O3/c1-2-3-4-5-6-7-8-9-10-11-12-13-14-15-16-17-22-29-23-31(27(34)30-28)26(33)24-18-20-25(32)21-19-24/h18-21,29,32H,2-17,22-23,28H2,1H3,(H,30,34). The van der Waals surface area contributed by atoms with E-state index in [-0.39, 0.29) is 12.4 Å². The lowest BCUT2D eigenvalue weighted by Gasteiger charge is -2.20. The van der Waals surface area contributed by atoms with Crippen molar-refractivity contribution >= 4 is 11.9 Å². The minimum Gasteiger partial charge on any atom is -0.508 e. The molecule has 0 aliphatic carbocycles. The molecule has 7 nitrogen and oxygen atoms in total. The van der Waals surface area contributed by atoms with Gasteiger partial charge in [-0.05, 0) is 37.2 Å². The highest BCUT2D eigenvalue weighted by Gasteiger charge is 2.21. The molecule has 7 heteroatoms. The lowest BCUT2D eigenvalue weighted by Crippen LogP contribution is -2.50. The highest BCUT2D eigenvalue weighted by molar-refractivity contribution is 6.04. The number of phenolic OH excluding ortho intramolecular Hbond substituents is 1. The number of hydrogen-bond donors (Lipinski definition) is 4. The molecule has 0 unspecified atom stereocenters. The van der Waals surface area contributed by atoms with Gasteiger partial charge < -0.3 is 5.11 Å². The molecule has 0 radical (unpaired) electrons. The van der Waals surface area contributed by atoms with Crippen LogP contribution in [0.1, 0.15) is 120 Å². The Labute approximate surface area is 206 Å². The highest BCUT2D eigenvalue weighted by Crippen LogP contribution is 2.14. The van der Waals surface area contributed by atoms with Crippen molar-refractivity contribution in [2.24, 2.45) is 5.84 Å². The third-order valence-electron chi connectivity index (χ3n) is 6.21. The molecule has 0 saturated carbocycles. The second-order valence-corrected chi connectivity index (χ2v) is 9.19. The lowest BCUT2D eigenvalue weighted by molar-refractivity contribution is 0.0790. The number of benzene rings is 1. The summed E-state index contributed by atoms with van der Waals surface area (Å²) in [7, 11) is 0. The van der Waals surface area contributed by atoms with E-state index in [1.165, 1.54) is 114 Å². The van der Waals surface area contributed by atoms with Gasteiger partial charge in [-0.3, -0.25) is 15.5 Å². The van der Waals surface area contributed by atoms with Gasteiger partial charge in [0.25, 0.3) is 5.91 Å². The van der Waals surface area contributed by atoms with Crippen LogP contribution >= 0.6 is 0 Å². The Hall–Kier alpha value is -2.12. The lowest BCUT2D eigenvalue weighted by atomic mass is 10.0. The van der Waals surface area contributed by atoms with Crippen LogP contribution in [0, 0.1) is 0 Å². The summed E-state index contributed by atoms with van der Waals surface area (Å²) in [6, 6.07) is 5.11. The number of aromatic hydroxyl groups is 1. The molecule has 0 aromatic heterocycles. The Balaban J connectivity index is 2.00. The van der Waals surface area contributed by atoms with Crippen LogP contribution in [0.5, 0.6) is 5.75 Å². The monoisotopic (exact) mass is 476 g/mol. The topological polar surface area (TPSA) is 108 Å². The molecule has 0 aliphatic rings. The number of nitrogens with two attached hydrogens (primary N) is 1. The predicted molar refractivity (Wildman–Crippen MR) is 139 cm³/mol. The summed E-state index contributed by atoms with van der Waals surface area (Å²) in [5.41, 5.74) is 2.32. The molecule has 0 atom stereocenters. The zero-order valence-electron chi connectivity index (χ0n) is 21.3. The fraction of sp³-hybridized carbons (Fsp3) is 0.704. The van der Waals surface area contributed by atoms with Crippen molar-refractivity contribution < 1.29 is 14.7 Å². The van der Waals surface area contributed by atoms with E-state index >= 15 is 0 Å². The van der Waals surface area contributed by atoms with Gasteiger partial charge in [0.15, 0.2) is 0 Å². The average molecular weight is 477 g/mol. The zero-order valence-corrected chi connectivity index (χ0v) is 21.3. The van der Waals surface area contributed by atoms with E-state index in [0.29, 0.717) is 5.56 Å². The number of amides is 3. The van der Waals surface area contributed by atoms with Gasteiger partial charge >= 0.3 is 6.03 Å². The molecule has 0 bridgehead atoms. The fourth-order valence-corrected chi connectivity index (χ4v) is 4.06. The highest BCUT2D eigenvalue weighted by atomic mass is 16.3. The summed E-state index contributed by atoms with van der Waals surface area (Å²) in [5, 5.41) is 12.5. The van der Waals surface area contributed by atoms with E-state index in [2.05, 4.69) is 12.2 Å². The number of carbonyl (C=O) groups is 2. The van der Waals surface area contributed by atoms with Gasteiger partial charge in [-0.15, -0.1) is 0 Å². The minimum atomic E-state index is -0.669. The number of rotatable bonds is 20. The van der Waals surface area contributed by atoms with E-state index in [4.69, 9.17) is 5.84 Å². The van der Waals surface area contributed by atoms with Crippen LogP contribution in [-0.2, 0) is 0 Å². The Morgan fingerprint density at radius 3 is 1.65 bits per heavy atom. The molecule has 0 spiro atoms. The summed E-state index contributed by atoms with van der Waals surface area (Å²) in [6.07, 6.45) is 21.2. The van der Waals surface area contributed by atoms with Crippen LogP contribution in [0.4, 0.5) is 4.79 Å². The van der Waals surface area contributed by atoms with Crippen LogP contribution in [0.3, 0.4) is 0 Å². The molecule has 0 heterocycles. The number of unbranched alkanes of at least 4 members (excludes halogenated alkanes) is 15. The van der Waals surface area contributed by atoms with Gasteiger partial charge in [0.1, 0.15) is 5.75 Å². The maximum absolute atomic E-state index is 12.6. The van der Waals surface area contributed by atoms with E-state index in [1.807, 2.05) is 5.43 Å². The first kappa shape index (κ1) is 29.9. The second-order valence-electron chi connectivity index (χ2n) is 9.19. The smallest absolute Gasteiger partial charge is 0.339 e. The zero-order chi connectivity index (χ0) is 24.9. The first-order chi connectivity index (χ1) is 16.6. The molecule has 3 amide bonds. The van der Waals surface area contributed by atoms with Crippen LogP contribution in [0.2, 0.25) is 0 Å². The maximum atomic E-state index is 12.6. The number of nitrogens with zero attached hydrogens (tertiary/aromatic N) is 1. The Morgan fingerprint density at radius 1 is 0.765 bits per heavy atom. The first-order valence-electron chi connectivity index (χ1n) is 13.4. The van der Waals surface area contributed by atoms with Crippen molar-refractivity contribution in [1.29, 1.82) is 0 Å². The van der Waals surface area contributed by atoms with Crippen molar-refractivity contribution in [1.82, 2.24) is 15.6 Å². The van der Waals surface area contributed by atoms with E-state index in [0.717, 1.165) is 24.3 Å². The largest absolute Gasteiger partial charge is 0.508 e. The second kappa shape index (κ2) is 20.3. The number of phenols is 1. The summed E-state index contributed by atoms with van der Waals surface area (Å²) >= 11 is 0. The van der Waals surface area contributed by atoms with E-state index in [9.17, 15) is 14.7 Å². The number of nitrogens with one attached hydrogen (secondary N) is 2. The summed E-state index contributed by atoms with van der Waals surface area (Å²) in [5.74, 6) is 4.82. The Kier molecular flexibility index (Phi) is 17.8. The minimum absolute atomic E-state index is 0.0630. The van der Waals surface area contributed by atoms with Crippen molar-refractivity contribution in [2.45, 2.75) is 110 Å². The van der Waals surface area contributed by atoms with Crippen molar-refractivity contribution in [3.63, 3.8) is 0 Å². The molecule has 0 aliphatic heterocycles. The Morgan fingerprint density at radius 2 is 1.21 bits per heavy atom. The van der Waals surface area contributed by atoms with Gasteiger partial charge in [-0.25, -0.2) is 15.5 Å². The quantitative estimate of drug-likeness (QED) is 0.0587. The first-order valence-corrected chi connectivity index (χ1v) is 13.4. The van der Waals surface area contributed by atoms with Crippen LogP contribution < -0.4 is 16.6 Å². The van der Waals surface area contributed by atoms with Gasteiger partial charge in [-0.1, -0.05) is 103 Å². The van der Waals surface area contributed by atoms with Crippen molar-refractivity contribution in [3.8, 4) is 5.75 Å².